The number of hydrogen-bond acceptors (Lipinski definition) is 6. The summed E-state index contributed by atoms with van der Waals surface area (Å²) in [6, 6.07) is 5.89. The number of piperidine rings is 1. The van der Waals surface area contributed by atoms with Crippen LogP contribution in [0.5, 0.6) is 11.6 Å². The summed E-state index contributed by atoms with van der Waals surface area (Å²) in [5.41, 5.74) is -3.21. The van der Waals surface area contributed by atoms with Gasteiger partial charge in [-0.25, -0.2) is 22.5 Å². The number of rotatable bonds is 6. The number of pyridine rings is 1. The zero-order valence-electron chi connectivity index (χ0n) is 19.9. The highest BCUT2D eigenvalue weighted by atomic mass is 19.3. The molecule has 1 aliphatic carbocycles. The number of fused-ring (bicyclic) bond motifs is 1. The summed E-state index contributed by atoms with van der Waals surface area (Å²) in [5, 5.41) is 0. The molecule has 0 bridgehead atoms. The Bertz CT molecular complexity index is 1190. The van der Waals surface area contributed by atoms with Crippen LogP contribution in [0.1, 0.15) is 35.3 Å². The van der Waals surface area contributed by atoms with Crippen molar-refractivity contribution in [3.8, 4) is 11.6 Å². The SMILES string of the molecule is [B]C1([B])OC2CN(C(=O)c3ccc(OCC4CC(F)(F)C4)c(OC)n3)CCC2(c2cc(F)cc(F)c2)O1. The minimum Gasteiger partial charge on any atom is -0.488 e. The third kappa shape index (κ3) is 5.03. The monoisotopic (exact) mass is 516 g/mol. The second-order valence-corrected chi connectivity index (χ2v) is 9.62. The summed E-state index contributed by atoms with van der Waals surface area (Å²) >= 11 is 0. The van der Waals surface area contributed by atoms with Crippen LogP contribution in [0.3, 0.4) is 0 Å². The van der Waals surface area contributed by atoms with E-state index in [1.807, 2.05) is 0 Å². The zero-order valence-corrected chi connectivity index (χ0v) is 19.9. The number of hydrogen-bond donors (Lipinski definition) is 0. The van der Waals surface area contributed by atoms with E-state index in [0.717, 1.165) is 18.2 Å². The number of nitrogens with zero attached hydrogens (tertiary/aromatic N) is 2. The fourth-order valence-electron chi connectivity index (χ4n) is 5.13. The van der Waals surface area contributed by atoms with E-state index in [1.165, 1.54) is 24.1 Å². The van der Waals surface area contributed by atoms with E-state index in [0.29, 0.717) is 0 Å². The summed E-state index contributed by atoms with van der Waals surface area (Å²) in [4.78, 5) is 18.9. The minimum atomic E-state index is -2.65. The smallest absolute Gasteiger partial charge is 0.272 e. The van der Waals surface area contributed by atoms with Gasteiger partial charge in [0.25, 0.3) is 11.8 Å². The number of likely N-dealkylation sites (tertiary alicyclic amines) is 1. The van der Waals surface area contributed by atoms with Crippen LogP contribution in [0.15, 0.2) is 30.3 Å². The molecule has 192 valence electrons. The van der Waals surface area contributed by atoms with Gasteiger partial charge in [-0.05, 0) is 29.8 Å². The van der Waals surface area contributed by atoms with Crippen molar-refractivity contribution in [2.45, 2.75) is 42.5 Å². The van der Waals surface area contributed by atoms with Gasteiger partial charge in [-0.2, -0.15) is 0 Å². The van der Waals surface area contributed by atoms with Crippen molar-refractivity contribution in [3.05, 3.63) is 53.2 Å². The van der Waals surface area contributed by atoms with Gasteiger partial charge in [0.05, 0.1) is 25.8 Å². The number of carbonyl (C=O) groups is 1. The summed E-state index contributed by atoms with van der Waals surface area (Å²) in [5.74, 6) is -4.75. The predicted molar refractivity (Wildman–Crippen MR) is 123 cm³/mol. The first-order valence-electron chi connectivity index (χ1n) is 11.7. The van der Waals surface area contributed by atoms with Gasteiger partial charge in [0.15, 0.2) is 5.75 Å². The van der Waals surface area contributed by atoms with Crippen molar-refractivity contribution in [2.75, 3.05) is 26.8 Å². The van der Waals surface area contributed by atoms with Gasteiger partial charge in [-0.15, -0.1) is 0 Å². The molecular weight excluding hydrogens is 494 g/mol. The van der Waals surface area contributed by atoms with Crippen LogP contribution in [-0.2, 0) is 15.1 Å². The third-order valence-corrected chi connectivity index (χ3v) is 6.85. The fraction of sp³-hybridized carbons (Fsp3) is 0.500. The first kappa shape index (κ1) is 25.8. The second-order valence-electron chi connectivity index (χ2n) is 9.62. The molecule has 3 aliphatic rings. The minimum absolute atomic E-state index is 0.0295. The highest BCUT2D eigenvalue weighted by Crippen LogP contribution is 2.47. The van der Waals surface area contributed by atoms with Crippen LogP contribution in [0.2, 0.25) is 0 Å². The number of alkyl halides is 2. The van der Waals surface area contributed by atoms with Crippen LogP contribution in [0.25, 0.3) is 0 Å². The fourth-order valence-corrected chi connectivity index (χ4v) is 5.13. The number of ether oxygens (including phenoxy) is 4. The number of carbonyl (C=O) groups excluding carboxylic acids is 1. The Morgan fingerprint density at radius 3 is 2.54 bits per heavy atom. The van der Waals surface area contributed by atoms with E-state index in [9.17, 15) is 22.4 Å². The molecule has 1 aromatic heterocycles. The maximum absolute atomic E-state index is 14.0. The molecule has 0 N–H and O–H groups in total. The highest BCUT2D eigenvalue weighted by Gasteiger charge is 2.56. The summed E-state index contributed by atoms with van der Waals surface area (Å²) in [6.45, 7) is 0.144. The number of benzene rings is 1. The molecule has 2 atom stereocenters. The van der Waals surface area contributed by atoms with Crippen molar-refractivity contribution in [2.24, 2.45) is 5.92 Å². The Hall–Kier alpha value is -2.79. The van der Waals surface area contributed by atoms with Crippen LogP contribution >= 0.6 is 0 Å². The van der Waals surface area contributed by atoms with Crippen LogP contribution in [0, 0.1) is 17.6 Å². The molecule has 2 aliphatic heterocycles. The third-order valence-electron chi connectivity index (χ3n) is 6.85. The predicted octanol–water partition coefficient (Wildman–Crippen LogP) is 2.90. The van der Waals surface area contributed by atoms with E-state index >= 15 is 0 Å². The molecule has 2 unspecified atom stereocenters. The quantitative estimate of drug-likeness (QED) is 0.435. The van der Waals surface area contributed by atoms with Crippen LogP contribution in [-0.4, -0.2) is 75.9 Å². The lowest BCUT2D eigenvalue weighted by atomic mass is 9.76. The molecule has 7 nitrogen and oxygen atoms in total. The average molecular weight is 516 g/mol. The first-order chi connectivity index (χ1) is 17.4. The van der Waals surface area contributed by atoms with Gasteiger partial charge >= 0.3 is 0 Å². The largest absolute Gasteiger partial charge is 0.488 e. The zero-order chi connectivity index (χ0) is 26.6. The molecule has 37 heavy (non-hydrogen) atoms. The van der Waals surface area contributed by atoms with Crippen LogP contribution in [0.4, 0.5) is 17.6 Å². The van der Waals surface area contributed by atoms with Crippen LogP contribution < -0.4 is 9.47 Å². The molecule has 4 radical (unpaired) electrons. The molecule has 5 rings (SSSR count). The van der Waals surface area contributed by atoms with E-state index in [2.05, 4.69) is 4.98 Å². The standard InChI is InChI=1S/C24H22B2F4N2O5/c1-34-20-18(35-12-13-9-22(29,30)10-13)3-2-17(31-20)21(33)32-5-4-23(14-6-15(27)8-16(28)7-14)19(11-32)36-24(25,26)37-23/h2-3,6-8,13,19H,4-5,9-12H2,1H3. The maximum Gasteiger partial charge on any atom is 0.272 e. The Morgan fingerprint density at radius 2 is 1.89 bits per heavy atom. The van der Waals surface area contributed by atoms with E-state index in [4.69, 9.17) is 34.6 Å². The Labute approximate surface area is 213 Å². The summed E-state index contributed by atoms with van der Waals surface area (Å²) < 4.78 is 76.3. The van der Waals surface area contributed by atoms with E-state index < -0.39 is 40.8 Å². The summed E-state index contributed by atoms with van der Waals surface area (Å²) in [7, 11) is 13.1. The molecule has 1 amide bonds. The van der Waals surface area contributed by atoms with Crippen molar-refractivity contribution in [3.63, 3.8) is 0 Å². The number of halogens is 4. The maximum atomic E-state index is 14.0. The first-order valence-corrected chi connectivity index (χ1v) is 11.7. The molecular formula is C24H22B2F4N2O5. The lowest BCUT2D eigenvalue weighted by Gasteiger charge is -2.42. The van der Waals surface area contributed by atoms with Crippen molar-refractivity contribution < 1.29 is 41.3 Å². The molecule has 2 aromatic rings. The van der Waals surface area contributed by atoms with Gasteiger partial charge in [0.2, 0.25) is 5.92 Å². The number of methoxy groups -OCH3 is 1. The molecule has 0 spiro atoms. The highest BCUT2D eigenvalue weighted by molar-refractivity contribution is 6.38. The van der Waals surface area contributed by atoms with Gasteiger partial charge in [0, 0.05) is 37.8 Å². The average Bonchev–Trinajstić information content (AvgIpc) is 3.10. The molecule has 3 fully saturated rings. The molecule has 2 saturated heterocycles. The Kier molecular flexibility index (Phi) is 6.42. The Balaban J connectivity index is 1.32. The molecule has 1 saturated carbocycles. The van der Waals surface area contributed by atoms with Gasteiger partial charge in [0.1, 0.15) is 44.7 Å². The van der Waals surface area contributed by atoms with E-state index in [1.54, 1.807) is 0 Å². The van der Waals surface area contributed by atoms with Crippen molar-refractivity contribution in [1.82, 2.24) is 9.88 Å². The number of aromatic nitrogens is 1. The van der Waals surface area contributed by atoms with Gasteiger partial charge in [-0.1, -0.05) is 0 Å². The number of amides is 1. The normalized spacial score (nSPS) is 26.3. The van der Waals surface area contributed by atoms with Crippen molar-refractivity contribution >= 4 is 21.6 Å². The molecule has 3 heterocycles. The Morgan fingerprint density at radius 1 is 1.19 bits per heavy atom. The molecule has 13 heteroatoms. The summed E-state index contributed by atoms with van der Waals surface area (Å²) in [6.07, 6.45) is -1.31. The van der Waals surface area contributed by atoms with Gasteiger partial charge in [-0.3, -0.25) is 4.79 Å². The second kappa shape index (κ2) is 9.20. The molecule has 1 aromatic carbocycles. The van der Waals surface area contributed by atoms with Crippen molar-refractivity contribution in [1.29, 1.82) is 0 Å². The lowest BCUT2D eigenvalue weighted by molar-refractivity contribution is -0.119. The van der Waals surface area contributed by atoms with E-state index in [-0.39, 0.29) is 67.8 Å². The lowest BCUT2D eigenvalue weighted by Crippen LogP contribution is -2.53. The van der Waals surface area contributed by atoms with Gasteiger partial charge < -0.3 is 23.8 Å². The topological polar surface area (TPSA) is 70.1 Å².